The molecule has 0 N–H and O–H groups in total. The lowest BCUT2D eigenvalue weighted by Gasteiger charge is -1.98. The number of thiazole rings is 1. The van der Waals surface area contributed by atoms with Gasteiger partial charge in [0.2, 0.25) is 4.96 Å². The van der Waals surface area contributed by atoms with E-state index in [4.69, 9.17) is 23.2 Å². The number of hydrogen-bond acceptors (Lipinski definition) is 4. The average Bonchev–Trinajstić information content (AvgIpc) is 3.12. The van der Waals surface area contributed by atoms with Crippen LogP contribution in [0.25, 0.3) is 22.4 Å². The second-order valence-electron chi connectivity index (χ2n) is 5.53. The molecule has 0 aliphatic rings. The fourth-order valence-electron chi connectivity index (χ4n) is 2.53. The summed E-state index contributed by atoms with van der Waals surface area (Å²) < 4.78 is 1.89. The molecule has 7 heteroatoms. The van der Waals surface area contributed by atoms with Gasteiger partial charge in [-0.1, -0.05) is 64.9 Å². The molecule has 0 saturated heterocycles. The zero-order valence-corrected chi connectivity index (χ0v) is 15.4. The van der Waals surface area contributed by atoms with Crippen LogP contribution in [0, 0.1) is 6.92 Å². The quantitative estimate of drug-likeness (QED) is 0.522. The minimum absolute atomic E-state index is 0.196. The van der Waals surface area contributed by atoms with Crippen molar-refractivity contribution in [1.82, 2.24) is 14.6 Å². The van der Waals surface area contributed by atoms with Crippen LogP contribution >= 0.6 is 34.5 Å². The third-order valence-electron chi connectivity index (χ3n) is 3.81. The minimum Gasteiger partial charge on any atom is -0.266 e. The van der Waals surface area contributed by atoms with Crippen LogP contribution in [0.3, 0.4) is 0 Å². The van der Waals surface area contributed by atoms with Gasteiger partial charge in [-0.3, -0.25) is 4.79 Å². The zero-order valence-electron chi connectivity index (χ0n) is 13.0. The summed E-state index contributed by atoms with van der Waals surface area (Å²) in [6.07, 6.45) is 1.76. The highest BCUT2D eigenvalue weighted by Crippen LogP contribution is 2.23. The summed E-state index contributed by atoms with van der Waals surface area (Å²) in [4.78, 5) is 17.7. The SMILES string of the molecule is Cc1ccccc1-c1nc2sc(=Cc3ccc(Cl)c(Cl)c3)c(=O)n2n1. The fraction of sp³-hybridized carbons (Fsp3) is 0.0556. The van der Waals surface area contributed by atoms with Gasteiger partial charge in [-0.05, 0) is 36.3 Å². The number of nitrogens with zero attached hydrogens (tertiary/aromatic N) is 3. The lowest BCUT2D eigenvalue weighted by molar-refractivity contribution is 0.936. The number of aromatic nitrogens is 3. The molecule has 4 aromatic rings. The second kappa shape index (κ2) is 6.26. The van der Waals surface area contributed by atoms with E-state index in [9.17, 15) is 4.79 Å². The Labute approximate surface area is 157 Å². The van der Waals surface area contributed by atoms with E-state index in [-0.39, 0.29) is 5.56 Å². The first kappa shape index (κ1) is 16.3. The van der Waals surface area contributed by atoms with Crippen molar-refractivity contribution in [3.8, 4) is 11.4 Å². The minimum atomic E-state index is -0.196. The smallest absolute Gasteiger partial charge is 0.266 e. The van der Waals surface area contributed by atoms with Crippen LogP contribution in [0.4, 0.5) is 0 Å². The van der Waals surface area contributed by atoms with E-state index >= 15 is 0 Å². The monoisotopic (exact) mass is 387 g/mol. The Morgan fingerprint density at radius 3 is 2.64 bits per heavy atom. The molecule has 2 aromatic carbocycles. The van der Waals surface area contributed by atoms with Gasteiger partial charge in [0.15, 0.2) is 5.82 Å². The molecule has 4 rings (SSSR count). The van der Waals surface area contributed by atoms with Crippen molar-refractivity contribution in [3.05, 3.63) is 78.5 Å². The van der Waals surface area contributed by atoms with E-state index in [1.165, 1.54) is 15.9 Å². The summed E-state index contributed by atoms with van der Waals surface area (Å²) in [5.41, 5.74) is 2.59. The van der Waals surface area contributed by atoms with Crippen molar-refractivity contribution < 1.29 is 0 Å². The number of hydrogen-bond donors (Lipinski definition) is 0. The lowest BCUT2D eigenvalue weighted by Crippen LogP contribution is -2.23. The normalized spacial score (nSPS) is 12.2. The van der Waals surface area contributed by atoms with Gasteiger partial charge in [-0.2, -0.15) is 9.50 Å². The van der Waals surface area contributed by atoms with Crippen molar-refractivity contribution in [1.29, 1.82) is 0 Å². The number of rotatable bonds is 2. The van der Waals surface area contributed by atoms with Gasteiger partial charge in [0.1, 0.15) is 0 Å². The summed E-state index contributed by atoms with van der Waals surface area (Å²) >= 11 is 13.2. The first-order chi connectivity index (χ1) is 12.0. The zero-order chi connectivity index (χ0) is 17.6. The Morgan fingerprint density at radius 2 is 1.92 bits per heavy atom. The maximum Gasteiger partial charge on any atom is 0.291 e. The highest BCUT2D eigenvalue weighted by Gasteiger charge is 2.13. The predicted molar refractivity (Wildman–Crippen MR) is 103 cm³/mol. The fourth-order valence-corrected chi connectivity index (χ4v) is 3.74. The number of halogens is 2. The van der Waals surface area contributed by atoms with E-state index in [0.29, 0.717) is 25.4 Å². The molecule has 25 heavy (non-hydrogen) atoms. The molecule has 4 nitrogen and oxygen atoms in total. The molecule has 0 saturated carbocycles. The van der Waals surface area contributed by atoms with Crippen LogP contribution < -0.4 is 10.1 Å². The summed E-state index contributed by atoms with van der Waals surface area (Å²) in [6, 6.07) is 13.1. The van der Waals surface area contributed by atoms with Crippen LogP contribution in [0.15, 0.2) is 47.3 Å². The average molecular weight is 388 g/mol. The molecule has 0 spiro atoms. The van der Waals surface area contributed by atoms with Crippen molar-refractivity contribution in [2.45, 2.75) is 6.92 Å². The van der Waals surface area contributed by atoms with Crippen LogP contribution in [-0.2, 0) is 0 Å². The first-order valence-electron chi connectivity index (χ1n) is 7.45. The van der Waals surface area contributed by atoms with Crippen molar-refractivity contribution in [3.63, 3.8) is 0 Å². The second-order valence-corrected chi connectivity index (χ2v) is 7.36. The van der Waals surface area contributed by atoms with E-state index in [0.717, 1.165) is 16.7 Å². The van der Waals surface area contributed by atoms with Crippen LogP contribution in [-0.4, -0.2) is 14.6 Å². The van der Waals surface area contributed by atoms with Gasteiger partial charge >= 0.3 is 0 Å². The Hall–Kier alpha value is -2.21. The highest BCUT2D eigenvalue weighted by atomic mass is 35.5. The number of benzene rings is 2. The molecular formula is C18H11Cl2N3OS. The van der Waals surface area contributed by atoms with Crippen molar-refractivity contribution >= 4 is 45.6 Å². The van der Waals surface area contributed by atoms with Crippen LogP contribution in [0.5, 0.6) is 0 Å². The Balaban J connectivity index is 1.83. The molecule has 124 valence electrons. The highest BCUT2D eigenvalue weighted by molar-refractivity contribution is 7.15. The maximum atomic E-state index is 12.6. The Morgan fingerprint density at radius 1 is 1.12 bits per heavy atom. The van der Waals surface area contributed by atoms with Gasteiger partial charge in [0.25, 0.3) is 5.56 Å². The van der Waals surface area contributed by atoms with Crippen molar-refractivity contribution in [2.24, 2.45) is 0 Å². The lowest BCUT2D eigenvalue weighted by atomic mass is 10.1. The summed E-state index contributed by atoms with van der Waals surface area (Å²) in [5.74, 6) is 0.558. The van der Waals surface area contributed by atoms with Gasteiger partial charge in [0, 0.05) is 5.56 Å². The summed E-state index contributed by atoms with van der Waals surface area (Å²) in [6.45, 7) is 1.99. The Bertz CT molecular complexity index is 1210. The van der Waals surface area contributed by atoms with Gasteiger partial charge < -0.3 is 0 Å². The largest absolute Gasteiger partial charge is 0.291 e. The van der Waals surface area contributed by atoms with Crippen molar-refractivity contribution in [2.75, 3.05) is 0 Å². The topological polar surface area (TPSA) is 47.3 Å². The molecule has 0 unspecified atom stereocenters. The number of aryl methyl sites for hydroxylation is 1. The molecule has 0 bridgehead atoms. The van der Waals surface area contributed by atoms with E-state index in [1.807, 2.05) is 37.3 Å². The van der Waals surface area contributed by atoms with E-state index < -0.39 is 0 Å². The summed E-state index contributed by atoms with van der Waals surface area (Å²) in [5, 5.41) is 5.30. The van der Waals surface area contributed by atoms with E-state index in [2.05, 4.69) is 10.1 Å². The van der Waals surface area contributed by atoms with Gasteiger partial charge in [0.05, 0.1) is 14.6 Å². The molecule has 0 aliphatic carbocycles. The molecule has 0 aliphatic heterocycles. The third kappa shape index (κ3) is 2.95. The predicted octanol–water partition coefficient (Wildman–Crippen LogP) is 3.98. The standard InChI is InChI=1S/C18H11Cl2N3OS/c1-10-4-2-3-5-12(10)16-21-18-23(22-16)17(24)15(25-18)9-11-6-7-13(19)14(20)8-11/h2-9H,1H3. The summed E-state index contributed by atoms with van der Waals surface area (Å²) in [7, 11) is 0. The maximum absolute atomic E-state index is 12.6. The van der Waals surface area contributed by atoms with E-state index in [1.54, 1.807) is 18.2 Å². The molecular weight excluding hydrogens is 377 g/mol. The Kier molecular flexibility index (Phi) is 4.07. The first-order valence-corrected chi connectivity index (χ1v) is 9.02. The third-order valence-corrected chi connectivity index (χ3v) is 5.51. The van der Waals surface area contributed by atoms with Gasteiger partial charge in [-0.25, -0.2) is 0 Å². The molecule has 2 heterocycles. The van der Waals surface area contributed by atoms with Crippen LogP contribution in [0.2, 0.25) is 10.0 Å². The molecule has 0 radical (unpaired) electrons. The molecule has 0 fully saturated rings. The molecule has 0 atom stereocenters. The molecule has 0 amide bonds. The molecule has 2 aromatic heterocycles. The van der Waals surface area contributed by atoms with Crippen LogP contribution in [0.1, 0.15) is 11.1 Å². The number of fused-ring (bicyclic) bond motifs is 1. The van der Waals surface area contributed by atoms with Gasteiger partial charge in [-0.15, -0.1) is 5.10 Å².